The van der Waals surface area contributed by atoms with Crippen molar-refractivity contribution >= 4 is 11.6 Å². The summed E-state index contributed by atoms with van der Waals surface area (Å²) in [5.74, 6) is 0.951. The van der Waals surface area contributed by atoms with Gasteiger partial charge in [0.25, 0.3) is 5.91 Å². The lowest BCUT2D eigenvalue weighted by molar-refractivity contribution is 0.0995. The van der Waals surface area contributed by atoms with Crippen molar-refractivity contribution in [3.63, 3.8) is 0 Å². The van der Waals surface area contributed by atoms with E-state index >= 15 is 0 Å². The highest BCUT2D eigenvalue weighted by atomic mass is 16.5. The summed E-state index contributed by atoms with van der Waals surface area (Å²) in [5, 5.41) is 0. The number of piperidine rings is 1. The van der Waals surface area contributed by atoms with E-state index in [1.54, 1.807) is 18.5 Å². The van der Waals surface area contributed by atoms with E-state index in [0.29, 0.717) is 11.6 Å². The van der Waals surface area contributed by atoms with Crippen LogP contribution in [-0.2, 0) is 0 Å². The lowest BCUT2D eigenvalue weighted by Crippen LogP contribution is -2.35. The molecule has 1 aliphatic rings. The van der Waals surface area contributed by atoms with Crippen molar-refractivity contribution in [2.24, 2.45) is 11.7 Å². The molecule has 2 aromatic rings. The van der Waals surface area contributed by atoms with Crippen molar-refractivity contribution in [3.8, 4) is 5.75 Å². The molecule has 0 radical (unpaired) electrons. The fourth-order valence-corrected chi connectivity index (χ4v) is 2.94. The van der Waals surface area contributed by atoms with Gasteiger partial charge in [0.2, 0.25) is 0 Å². The van der Waals surface area contributed by atoms with Gasteiger partial charge in [-0.3, -0.25) is 14.8 Å². The van der Waals surface area contributed by atoms with Gasteiger partial charge in [0.15, 0.2) is 0 Å². The molecule has 24 heavy (non-hydrogen) atoms. The summed E-state index contributed by atoms with van der Waals surface area (Å²) in [4.78, 5) is 21.6. The average Bonchev–Trinajstić information content (AvgIpc) is 2.61. The van der Waals surface area contributed by atoms with Gasteiger partial charge in [0, 0.05) is 42.9 Å². The zero-order valence-electron chi connectivity index (χ0n) is 13.8. The number of ether oxygens (including phenoxy) is 1. The van der Waals surface area contributed by atoms with Crippen molar-refractivity contribution < 1.29 is 9.53 Å². The van der Waals surface area contributed by atoms with Crippen LogP contribution in [0.1, 0.15) is 28.9 Å². The minimum absolute atomic E-state index is 0.311. The maximum Gasteiger partial charge on any atom is 0.267 e. The van der Waals surface area contributed by atoms with Crippen molar-refractivity contribution in [2.75, 3.05) is 24.6 Å². The van der Waals surface area contributed by atoms with Crippen LogP contribution in [0.15, 0.2) is 36.8 Å². The molecule has 0 unspecified atom stereocenters. The number of carbonyl (C=O) groups is 1. The van der Waals surface area contributed by atoms with E-state index in [-0.39, 0.29) is 0 Å². The molecule has 0 atom stereocenters. The normalized spacial score (nSPS) is 15.3. The maximum absolute atomic E-state index is 11.3. The quantitative estimate of drug-likeness (QED) is 0.911. The summed E-state index contributed by atoms with van der Waals surface area (Å²) in [5.41, 5.74) is 7.68. The van der Waals surface area contributed by atoms with Crippen LogP contribution in [0.4, 0.5) is 5.69 Å². The molecule has 1 saturated heterocycles. The molecule has 6 nitrogen and oxygen atoms in total. The predicted octanol–water partition coefficient (Wildman–Crippen LogP) is 2.18. The minimum Gasteiger partial charge on any atom is -0.493 e. The number of amides is 1. The number of pyridine rings is 2. The number of primary amides is 1. The first-order valence-corrected chi connectivity index (χ1v) is 8.17. The Hall–Kier alpha value is -2.63. The molecule has 3 heterocycles. The molecule has 1 fully saturated rings. The van der Waals surface area contributed by atoms with Crippen LogP contribution in [0.5, 0.6) is 5.75 Å². The first kappa shape index (κ1) is 16.2. The van der Waals surface area contributed by atoms with E-state index < -0.39 is 5.91 Å². The van der Waals surface area contributed by atoms with Crippen molar-refractivity contribution in [1.82, 2.24) is 9.97 Å². The van der Waals surface area contributed by atoms with Gasteiger partial charge in [-0.2, -0.15) is 0 Å². The smallest absolute Gasteiger partial charge is 0.267 e. The Labute approximate surface area is 141 Å². The average molecular weight is 326 g/mol. The number of aromatic nitrogens is 2. The second kappa shape index (κ2) is 7.29. The van der Waals surface area contributed by atoms with E-state index in [0.717, 1.165) is 49.5 Å². The number of hydrogen-bond acceptors (Lipinski definition) is 5. The molecule has 0 bridgehead atoms. The molecular weight excluding hydrogens is 304 g/mol. The Kier molecular flexibility index (Phi) is 4.93. The van der Waals surface area contributed by atoms with Gasteiger partial charge >= 0.3 is 0 Å². The first-order chi connectivity index (χ1) is 11.6. The Bertz CT molecular complexity index is 712. The number of aryl methyl sites for hydroxylation is 1. The molecule has 0 spiro atoms. The molecule has 126 valence electrons. The third-order valence-corrected chi connectivity index (χ3v) is 4.42. The maximum atomic E-state index is 11.3. The van der Waals surface area contributed by atoms with Gasteiger partial charge in [-0.05, 0) is 43.9 Å². The molecule has 0 aromatic carbocycles. The third-order valence-electron chi connectivity index (χ3n) is 4.42. The predicted molar refractivity (Wildman–Crippen MR) is 92.2 cm³/mol. The van der Waals surface area contributed by atoms with E-state index in [1.165, 1.54) is 0 Å². The van der Waals surface area contributed by atoms with Crippen LogP contribution in [0, 0.1) is 12.8 Å². The Morgan fingerprint density at radius 2 is 2.12 bits per heavy atom. The molecule has 2 N–H and O–H groups in total. The summed E-state index contributed by atoms with van der Waals surface area (Å²) in [6, 6.07) is 5.59. The van der Waals surface area contributed by atoms with E-state index in [9.17, 15) is 4.79 Å². The van der Waals surface area contributed by atoms with Gasteiger partial charge in [0.1, 0.15) is 11.4 Å². The Morgan fingerprint density at radius 3 is 2.83 bits per heavy atom. The highest BCUT2D eigenvalue weighted by Gasteiger charge is 2.21. The highest BCUT2D eigenvalue weighted by Crippen LogP contribution is 2.25. The van der Waals surface area contributed by atoms with E-state index in [2.05, 4.69) is 14.9 Å². The highest BCUT2D eigenvalue weighted by molar-refractivity contribution is 5.91. The second-order valence-electron chi connectivity index (χ2n) is 6.15. The SMILES string of the molecule is Cc1cnccc1OCC1CCN(c2ccnc(C(N)=O)c2)CC1. The zero-order chi connectivity index (χ0) is 16.9. The van der Waals surface area contributed by atoms with E-state index in [1.807, 2.05) is 25.3 Å². The van der Waals surface area contributed by atoms with Crippen LogP contribution in [0.3, 0.4) is 0 Å². The molecule has 0 saturated carbocycles. The van der Waals surface area contributed by atoms with Crippen LogP contribution in [0.2, 0.25) is 0 Å². The second-order valence-corrected chi connectivity index (χ2v) is 6.15. The molecule has 1 aliphatic heterocycles. The molecule has 0 aliphatic carbocycles. The van der Waals surface area contributed by atoms with Crippen LogP contribution in [0.25, 0.3) is 0 Å². The van der Waals surface area contributed by atoms with Gasteiger partial charge in [-0.1, -0.05) is 0 Å². The third kappa shape index (κ3) is 3.82. The molecule has 6 heteroatoms. The number of anilines is 1. The first-order valence-electron chi connectivity index (χ1n) is 8.17. The van der Waals surface area contributed by atoms with Crippen molar-refractivity contribution in [1.29, 1.82) is 0 Å². The van der Waals surface area contributed by atoms with Gasteiger partial charge in [0.05, 0.1) is 6.61 Å². The van der Waals surface area contributed by atoms with Crippen LogP contribution in [-0.4, -0.2) is 35.6 Å². The molecular formula is C18H22N4O2. The minimum atomic E-state index is -0.493. The summed E-state index contributed by atoms with van der Waals surface area (Å²) < 4.78 is 5.94. The fourth-order valence-electron chi connectivity index (χ4n) is 2.94. The van der Waals surface area contributed by atoms with Crippen LogP contribution >= 0.6 is 0 Å². The summed E-state index contributed by atoms with van der Waals surface area (Å²) in [6.45, 7) is 4.60. The summed E-state index contributed by atoms with van der Waals surface area (Å²) in [6.07, 6.45) is 7.32. The number of hydrogen-bond donors (Lipinski definition) is 1. The molecule has 1 amide bonds. The van der Waals surface area contributed by atoms with Gasteiger partial charge in [-0.15, -0.1) is 0 Å². The number of rotatable bonds is 5. The number of nitrogens with two attached hydrogens (primary N) is 1. The number of carbonyl (C=O) groups excluding carboxylic acids is 1. The van der Waals surface area contributed by atoms with Crippen molar-refractivity contribution in [3.05, 3.63) is 48.0 Å². The monoisotopic (exact) mass is 326 g/mol. The lowest BCUT2D eigenvalue weighted by atomic mass is 9.97. The zero-order valence-corrected chi connectivity index (χ0v) is 13.8. The van der Waals surface area contributed by atoms with E-state index in [4.69, 9.17) is 10.5 Å². The Morgan fingerprint density at radius 1 is 1.33 bits per heavy atom. The topological polar surface area (TPSA) is 81.3 Å². The van der Waals surface area contributed by atoms with Gasteiger partial charge < -0.3 is 15.4 Å². The molecule has 3 rings (SSSR count). The van der Waals surface area contributed by atoms with Gasteiger partial charge in [-0.25, -0.2) is 0 Å². The molecule has 2 aromatic heterocycles. The number of nitrogens with zero attached hydrogens (tertiary/aromatic N) is 3. The summed E-state index contributed by atoms with van der Waals surface area (Å²) >= 11 is 0. The summed E-state index contributed by atoms with van der Waals surface area (Å²) in [7, 11) is 0. The lowest BCUT2D eigenvalue weighted by Gasteiger charge is -2.33. The van der Waals surface area contributed by atoms with Crippen LogP contribution < -0.4 is 15.4 Å². The Balaban J connectivity index is 1.53. The largest absolute Gasteiger partial charge is 0.493 e. The fraction of sp³-hybridized carbons (Fsp3) is 0.389. The standard InChI is InChI=1S/C18H22N4O2/c1-13-11-20-6-3-17(13)24-12-14-4-8-22(9-5-14)15-2-7-21-16(10-15)18(19)23/h2-3,6-7,10-11,14H,4-5,8-9,12H2,1H3,(H2,19,23). The van der Waals surface area contributed by atoms with Crippen molar-refractivity contribution in [2.45, 2.75) is 19.8 Å².